The Morgan fingerprint density at radius 2 is 1.54 bits per heavy atom. The molecular weight excluding hydrogens is 382 g/mol. The van der Waals surface area contributed by atoms with Gasteiger partial charge in [-0.05, 0) is 49.3 Å². The van der Waals surface area contributed by atoms with Crippen molar-refractivity contribution < 1.29 is 27.5 Å². The van der Waals surface area contributed by atoms with Crippen molar-refractivity contribution in [3.63, 3.8) is 0 Å². The van der Waals surface area contributed by atoms with Crippen molar-refractivity contribution in [1.29, 1.82) is 0 Å². The zero-order valence-electron chi connectivity index (χ0n) is 16.5. The SMILES string of the molecule is COC(=O)c1cc(C(=O)OC)cc(S(=O)(=O)N2CCC(C)C3CCCCC32)c1. The van der Waals surface area contributed by atoms with E-state index in [-0.39, 0.29) is 22.1 Å². The Kier molecular flexibility index (Phi) is 6.09. The molecule has 1 aromatic rings. The molecule has 28 heavy (non-hydrogen) atoms. The van der Waals surface area contributed by atoms with Crippen molar-refractivity contribution in [3.8, 4) is 0 Å². The van der Waals surface area contributed by atoms with E-state index < -0.39 is 22.0 Å². The molecule has 3 unspecified atom stereocenters. The molecule has 2 fully saturated rings. The van der Waals surface area contributed by atoms with Crippen LogP contribution in [0.2, 0.25) is 0 Å². The Bertz CT molecular complexity index is 831. The minimum atomic E-state index is -3.87. The number of methoxy groups -OCH3 is 2. The lowest BCUT2D eigenvalue weighted by molar-refractivity contribution is 0.0598. The molecule has 0 spiro atoms. The summed E-state index contributed by atoms with van der Waals surface area (Å²) in [5.41, 5.74) is 0.0177. The normalized spacial score (nSPS) is 25.6. The first kappa shape index (κ1) is 20.8. The second kappa shape index (κ2) is 8.21. The average molecular weight is 410 g/mol. The lowest BCUT2D eigenvalue weighted by Crippen LogP contribution is -2.52. The molecular formula is C20H27NO6S. The van der Waals surface area contributed by atoms with Gasteiger partial charge in [-0.3, -0.25) is 0 Å². The number of ether oxygens (including phenoxy) is 2. The average Bonchev–Trinajstić information content (AvgIpc) is 2.72. The quantitative estimate of drug-likeness (QED) is 0.711. The van der Waals surface area contributed by atoms with Crippen LogP contribution in [0.15, 0.2) is 23.1 Å². The molecule has 1 aliphatic carbocycles. The lowest BCUT2D eigenvalue weighted by atomic mass is 9.74. The van der Waals surface area contributed by atoms with E-state index in [2.05, 4.69) is 6.92 Å². The highest BCUT2D eigenvalue weighted by Crippen LogP contribution is 2.41. The monoisotopic (exact) mass is 409 g/mol. The molecule has 8 heteroatoms. The van der Waals surface area contributed by atoms with Gasteiger partial charge in [-0.25, -0.2) is 18.0 Å². The first-order valence-corrected chi connectivity index (χ1v) is 11.1. The summed E-state index contributed by atoms with van der Waals surface area (Å²) in [5, 5.41) is 0. The number of nitrogens with zero attached hydrogens (tertiary/aromatic N) is 1. The van der Waals surface area contributed by atoms with Crippen molar-refractivity contribution >= 4 is 22.0 Å². The van der Waals surface area contributed by atoms with E-state index in [1.165, 1.54) is 32.4 Å². The summed E-state index contributed by atoms with van der Waals surface area (Å²) in [5.74, 6) is -0.569. The molecule has 2 aliphatic rings. The molecule has 7 nitrogen and oxygen atoms in total. The van der Waals surface area contributed by atoms with E-state index in [0.29, 0.717) is 18.4 Å². The van der Waals surface area contributed by atoms with Gasteiger partial charge in [0.1, 0.15) is 0 Å². The van der Waals surface area contributed by atoms with Crippen molar-refractivity contribution in [3.05, 3.63) is 29.3 Å². The number of carbonyl (C=O) groups is 2. The van der Waals surface area contributed by atoms with E-state index in [1.807, 2.05) is 0 Å². The Morgan fingerprint density at radius 1 is 0.964 bits per heavy atom. The van der Waals surface area contributed by atoms with Crippen LogP contribution in [0.4, 0.5) is 0 Å². The summed E-state index contributed by atoms with van der Waals surface area (Å²) in [6, 6.07) is 3.82. The van der Waals surface area contributed by atoms with Gasteiger partial charge in [0.25, 0.3) is 0 Å². The molecule has 1 saturated carbocycles. The first-order chi connectivity index (χ1) is 13.3. The summed E-state index contributed by atoms with van der Waals surface area (Å²) in [6.45, 7) is 2.64. The van der Waals surface area contributed by atoms with Gasteiger partial charge in [0.15, 0.2) is 0 Å². The number of piperidine rings is 1. The predicted octanol–water partition coefficient (Wildman–Crippen LogP) is 2.85. The van der Waals surface area contributed by atoms with Crippen LogP contribution in [0.1, 0.15) is 59.7 Å². The third kappa shape index (κ3) is 3.80. The molecule has 0 aromatic heterocycles. The number of benzene rings is 1. The number of carbonyl (C=O) groups excluding carboxylic acids is 2. The topological polar surface area (TPSA) is 90.0 Å². The predicted molar refractivity (Wildman–Crippen MR) is 103 cm³/mol. The number of esters is 2. The van der Waals surface area contributed by atoms with Crippen LogP contribution in [0.5, 0.6) is 0 Å². The smallest absolute Gasteiger partial charge is 0.337 e. The molecule has 1 heterocycles. The van der Waals surface area contributed by atoms with E-state index in [0.717, 1.165) is 32.1 Å². The van der Waals surface area contributed by atoms with E-state index >= 15 is 0 Å². The van der Waals surface area contributed by atoms with Gasteiger partial charge in [-0.15, -0.1) is 0 Å². The second-order valence-corrected chi connectivity index (χ2v) is 9.52. The van der Waals surface area contributed by atoms with Crippen LogP contribution in [-0.2, 0) is 19.5 Å². The number of rotatable bonds is 4. The zero-order valence-corrected chi connectivity index (χ0v) is 17.3. The maximum atomic E-state index is 13.5. The van der Waals surface area contributed by atoms with Crippen LogP contribution in [-0.4, -0.2) is 51.5 Å². The highest BCUT2D eigenvalue weighted by molar-refractivity contribution is 7.89. The third-order valence-corrected chi connectivity index (χ3v) is 7.94. The van der Waals surface area contributed by atoms with Crippen LogP contribution in [0.3, 0.4) is 0 Å². The molecule has 3 rings (SSSR count). The number of sulfonamides is 1. The number of hydrogen-bond acceptors (Lipinski definition) is 6. The van der Waals surface area contributed by atoms with E-state index in [4.69, 9.17) is 9.47 Å². The molecule has 1 saturated heterocycles. The molecule has 1 aliphatic heterocycles. The second-order valence-electron chi connectivity index (χ2n) is 7.63. The minimum Gasteiger partial charge on any atom is -0.465 e. The Labute approximate surface area is 166 Å². The Morgan fingerprint density at radius 3 is 2.11 bits per heavy atom. The molecule has 0 amide bonds. The standard InChI is InChI=1S/C20H27NO6S/c1-13-8-9-21(18-7-5-4-6-17(13)18)28(24,25)16-11-14(19(22)26-2)10-15(12-16)20(23)27-3/h10-13,17-18H,4-9H2,1-3H3. The Balaban J connectivity index is 2.05. The lowest BCUT2D eigenvalue weighted by Gasteiger charge is -2.46. The maximum Gasteiger partial charge on any atom is 0.337 e. The van der Waals surface area contributed by atoms with Crippen LogP contribution < -0.4 is 0 Å². The van der Waals surface area contributed by atoms with Gasteiger partial charge < -0.3 is 9.47 Å². The summed E-state index contributed by atoms with van der Waals surface area (Å²) >= 11 is 0. The molecule has 154 valence electrons. The van der Waals surface area contributed by atoms with Gasteiger partial charge in [0.2, 0.25) is 10.0 Å². The van der Waals surface area contributed by atoms with Crippen molar-refractivity contribution in [2.24, 2.45) is 11.8 Å². The summed E-state index contributed by atoms with van der Waals surface area (Å²) < 4.78 is 38.0. The summed E-state index contributed by atoms with van der Waals surface area (Å²) in [4.78, 5) is 24.0. The molecule has 1 aromatic carbocycles. The first-order valence-electron chi connectivity index (χ1n) is 9.63. The fourth-order valence-corrected chi connectivity index (χ4v) is 6.31. The fourth-order valence-electron chi connectivity index (χ4n) is 4.53. The fraction of sp³-hybridized carbons (Fsp3) is 0.600. The molecule has 0 bridgehead atoms. The van der Waals surface area contributed by atoms with Crippen molar-refractivity contribution in [2.45, 2.75) is 50.0 Å². The summed E-state index contributed by atoms with van der Waals surface area (Å²) in [7, 11) is -1.45. The van der Waals surface area contributed by atoms with Crippen LogP contribution in [0.25, 0.3) is 0 Å². The van der Waals surface area contributed by atoms with E-state index in [1.54, 1.807) is 4.31 Å². The van der Waals surface area contributed by atoms with Gasteiger partial charge in [0.05, 0.1) is 30.2 Å². The van der Waals surface area contributed by atoms with E-state index in [9.17, 15) is 18.0 Å². The minimum absolute atomic E-state index is 0.00884. The maximum absolute atomic E-state index is 13.5. The van der Waals surface area contributed by atoms with Crippen LogP contribution >= 0.6 is 0 Å². The number of fused-ring (bicyclic) bond motifs is 1. The zero-order chi connectivity index (χ0) is 20.5. The van der Waals surface area contributed by atoms with Crippen molar-refractivity contribution in [1.82, 2.24) is 4.31 Å². The van der Waals surface area contributed by atoms with Gasteiger partial charge in [-0.2, -0.15) is 4.31 Å². The highest BCUT2D eigenvalue weighted by Gasteiger charge is 2.43. The molecule has 0 radical (unpaired) electrons. The highest BCUT2D eigenvalue weighted by atomic mass is 32.2. The van der Waals surface area contributed by atoms with Gasteiger partial charge in [-0.1, -0.05) is 19.8 Å². The summed E-state index contributed by atoms with van der Waals surface area (Å²) in [6.07, 6.45) is 4.82. The Hall–Kier alpha value is -1.93. The molecule has 3 atom stereocenters. The van der Waals surface area contributed by atoms with Crippen LogP contribution in [0, 0.1) is 11.8 Å². The van der Waals surface area contributed by atoms with Gasteiger partial charge >= 0.3 is 11.9 Å². The largest absolute Gasteiger partial charge is 0.465 e. The number of hydrogen-bond donors (Lipinski definition) is 0. The molecule has 0 N–H and O–H groups in total. The van der Waals surface area contributed by atoms with Gasteiger partial charge in [0, 0.05) is 12.6 Å². The third-order valence-electron chi connectivity index (χ3n) is 6.04. The van der Waals surface area contributed by atoms with Crippen molar-refractivity contribution in [2.75, 3.05) is 20.8 Å².